The van der Waals surface area contributed by atoms with Crippen molar-refractivity contribution in [2.24, 2.45) is 11.8 Å². The molecule has 2 N–H and O–H groups in total. The van der Waals surface area contributed by atoms with Crippen LogP contribution in [0.4, 0.5) is 0 Å². The maximum Gasteiger partial charge on any atom is 0.251 e. The van der Waals surface area contributed by atoms with Crippen LogP contribution >= 0.6 is 0 Å². The Labute approximate surface area is 172 Å². The number of hydrogen-bond acceptors (Lipinski definition) is 3. The van der Waals surface area contributed by atoms with Gasteiger partial charge < -0.3 is 10.2 Å². The fourth-order valence-corrected chi connectivity index (χ4v) is 4.18. The summed E-state index contributed by atoms with van der Waals surface area (Å²) in [5, 5.41) is 10.1. The van der Waals surface area contributed by atoms with Crippen LogP contribution in [-0.4, -0.2) is 40.0 Å². The number of piperidine rings is 1. The van der Waals surface area contributed by atoms with Crippen molar-refractivity contribution in [1.82, 2.24) is 20.4 Å². The molecule has 29 heavy (non-hydrogen) atoms. The predicted octanol–water partition coefficient (Wildman–Crippen LogP) is 3.15. The number of likely N-dealkylation sites (tertiary alicyclic amines) is 1. The summed E-state index contributed by atoms with van der Waals surface area (Å²) in [4.78, 5) is 26.7. The Morgan fingerprint density at radius 1 is 1.10 bits per heavy atom. The van der Waals surface area contributed by atoms with Gasteiger partial charge in [-0.3, -0.25) is 14.7 Å². The van der Waals surface area contributed by atoms with Gasteiger partial charge in [0.25, 0.3) is 5.91 Å². The highest BCUT2D eigenvalue weighted by atomic mass is 16.2. The van der Waals surface area contributed by atoms with Crippen molar-refractivity contribution in [2.75, 3.05) is 13.1 Å². The fraction of sp³-hybridized carbons (Fsp3) is 0.522. The topological polar surface area (TPSA) is 78.1 Å². The van der Waals surface area contributed by atoms with E-state index >= 15 is 0 Å². The van der Waals surface area contributed by atoms with Crippen LogP contribution in [0, 0.1) is 25.7 Å². The molecule has 0 bridgehead atoms. The largest absolute Gasteiger partial charge is 0.348 e. The number of aryl methyl sites for hydroxylation is 2. The van der Waals surface area contributed by atoms with Crippen LogP contribution < -0.4 is 5.32 Å². The zero-order valence-corrected chi connectivity index (χ0v) is 17.3. The summed E-state index contributed by atoms with van der Waals surface area (Å²) < 4.78 is 0. The molecule has 0 radical (unpaired) electrons. The molecule has 0 unspecified atom stereocenters. The van der Waals surface area contributed by atoms with Crippen molar-refractivity contribution in [2.45, 2.75) is 52.5 Å². The fourth-order valence-electron chi connectivity index (χ4n) is 4.18. The van der Waals surface area contributed by atoms with Crippen LogP contribution in [0.15, 0.2) is 24.3 Å². The van der Waals surface area contributed by atoms with Crippen LogP contribution in [0.1, 0.15) is 58.6 Å². The standard InChI is InChI=1S/C23H30N4O2/c1-15-21(16(2)26-25-15)14-24-22(28)19-5-3-17(4-6-19)13-18-9-11-27(12-10-18)23(29)20-7-8-20/h3-6,18,20H,7-14H2,1-2H3,(H,24,28)(H,25,26). The maximum atomic E-state index is 12.4. The molecule has 4 rings (SSSR count). The van der Waals surface area contributed by atoms with E-state index in [1.165, 1.54) is 5.56 Å². The van der Waals surface area contributed by atoms with Crippen LogP contribution in [0.3, 0.4) is 0 Å². The van der Waals surface area contributed by atoms with Crippen molar-refractivity contribution in [3.8, 4) is 0 Å². The minimum atomic E-state index is -0.0663. The molecule has 1 aliphatic carbocycles. The van der Waals surface area contributed by atoms with E-state index in [0.29, 0.717) is 29.9 Å². The quantitative estimate of drug-likeness (QED) is 0.790. The summed E-state index contributed by atoms with van der Waals surface area (Å²) in [6, 6.07) is 7.94. The summed E-state index contributed by atoms with van der Waals surface area (Å²) in [5.74, 6) is 1.25. The Morgan fingerprint density at radius 3 is 2.38 bits per heavy atom. The first kappa shape index (κ1) is 19.7. The molecule has 1 aromatic carbocycles. The van der Waals surface area contributed by atoms with Gasteiger partial charge in [0.05, 0.1) is 5.69 Å². The lowest BCUT2D eigenvalue weighted by atomic mass is 9.89. The summed E-state index contributed by atoms with van der Waals surface area (Å²) in [5.41, 5.74) is 4.89. The Hall–Kier alpha value is -2.63. The third-order valence-electron chi connectivity index (χ3n) is 6.30. The Morgan fingerprint density at radius 2 is 1.79 bits per heavy atom. The number of aromatic amines is 1. The van der Waals surface area contributed by atoms with Crippen molar-refractivity contribution < 1.29 is 9.59 Å². The van der Waals surface area contributed by atoms with Crippen LogP contribution in [0.25, 0.3) is 0 Å². The van der Waals surface area contributed by atoms with E-state index in [0.717, 1.165) is 62.1 Å². The number of benzene rings is 1. The van der Waals surface area contributed by atoms with Gasteiger partial charge in [-0.05, 0) is 69.6 Å². The first-order valence-corrected chi connectivity index (χ1v) is 10.7. The summed E-state index contributed by atoms with van der Waals surface area (Å²) >= 11 is 0. The SMILES string of the molecule is Cc1n[nH]c(C)c1CNC(=O)c1ccc(CC2CCN(C(=O)C3CC3)CC2)cc1. The molecule has 2 amide bonds. The zero-order chi connectivity index (χ0) is 20.4. The monoisotopic (exact) mass is 394 g/mol. The number of amides is 2. The van der Waals surface area contributed by atoms with Crippen LogP contribution in [0.2, 0.25) is 0 Å². The van der Waals surface area contributed by atoms with E-state index in [1.54, 1.807) is 0 Å². The van der Waals surface area contributed by atoms with Gasteiger partial charge in [-0.2, -0.15) is 5.10 Å². The summed E-state index contributed by atoms with van der Waals surface area (Å²) in [6.07, 6.45) is 5.33. The third kappa shape index (κ3) is 4.69. The summed E-state index contributed by atoms with van der Waals surface area (Å²) in [7, 11) is 0. The van der Waals surface area contributed by atoms with E-state index in [4.69, 9.17) is 0 Å². The predicted molar refractivity (Wildman–Crippen MR) is 111 cm³/mol. The number of nitrogens with one attached hydrogen (secondary N) is 2. The zero-order valence-electron chi connectivity index (χ0n) is 17.3. The van der Waals surface area contributed by atoms with E-state index in [1.807, 2.05) is 26.0 Å². The first-order valence-electron chi connectivity index (χ1n) is 10.7. The minimum Gasteiger partial charge on any atom is -0.348 e. The second kappa shape index (κ2) is 8.39. The summed E-state index contributed by atoms with van der Waals surface area (Å²) in [6.45, 7) is 6.17. The van der Waals surface area contributed by atoms with E-state index in [9.17, 15) is 9.59 Å². The van der Waals surface area contributed by atoms with Gasteiger partial charge in [-0.1, -0.05) is 12.1 Å². The number of carbonyl (C=O) groups excluding carboxylic acids is 2. The molecule has 2 aliphatic rings. The molecule has 1 saturated heterocycles. The maximum absolute atomic E-state index is 12.4. The van der Waals surface area contributed by atoms with Crippen molar-refractivity contribution in [3.05, 3.63) is 52.3 Å². The lowest BCUT2D eigenvalue weighted by Crippen LogP contribution is -2.39. The van der Waals surface area contributed by atoms with E-state index in [2.05, 4.69) is 32.5 Å². The molecule has 2 heterocycles. The average molecular weight is 395 g/mol. The minimum absolute atomic E-state index is 0.0663. The van der Waals surface area contributed by atoms with Crippen molar-refractivity contribution in [3.63, 3.8) is 0 Å². The number of aromatic nitrogens is 2. The van der Waals surface area contributed by atoms with Gasteiger partial charge in [-0.15, -0.1) is 0 Å². The second-order valence-electron chi connectivity index (χ2n) is 8.54. The molecule has 2 fully saturated rings. The number of H-pyrrole nitrogens is 1. The highest BCUT2D eigenvalue weighted by Gasteiger charge is 2.34. The third-order valence-corrected chi connectivity index (χ3v) is 6.30. The molecule has 6 nitrogen and oxygen atoms in total. The highest BCUT2D eigenvalue weighted by Crippen LogP contribution is 2.33. The molecule has 2 aromatic rings. The van der Waals surface area contributed by atoms with E-state index < -0.39 is 0 Å². The van der Waals surface area contributed by atoms with Gasteiger partial charge >= 0.3 is 0 Å². The Balaban J connectivity index is 1.25. The average Bonchev–Trinajstić information content (AvgIpc) is 3.53. The lowest BCUT2D eigenvalue weighted by Gasteiger charge is -2.32. The molecule has 1 saturated carbocycles. The Kier molecular flexibility index (Phi) is 5.69. The molecule has 0 spiro atoms. The number of carbonyl (C=O) groups is 2. The second-order valence-corrected chi connectivity index (χ2v) is 8.54. The molecular formula is C23H30N4O2. The van der Waals surface area contributed by atoms with Gasteiger partial charge in [0, 0.05) is 42.4 Å². The number of rotatable bonds is 6. The van der Waals surface area contributed by atoms with Gasteiger partial charge in [0.15, 0.2) is 0 Å². The van der Waals surface area contributed by atoms with Gasteiger partial charge in [0.2, 0.25) is 5.91 Å². The Bertz CT molecular complexity index is 855. The van der Waals surface area contributed by atoms with Crippen LogP contribution in [-0.2, 0) is 17.8 Å². The highest BCUT2D eigenvalue weighted by molar-refractivity contribution is 5.94. The molecule has 154 valence electrons. The molecule has 6 heteroatoms. The molecule has 0 atom stereocenters. The van der Waals surface area contributed by atoms with Crippen LogP contribution in [0.5, 0.6) is 0 Å². The number of nitrogens with zero attached hydrogens (tertiary/aromatic N) is 2. The van der Waals surface area contributed by atoms with Gasteiger partial charge in [-0.25, -0.2) is 0 Å². The van der Waals surface area contributed by atoms with E-state index in [-0.39, 0.29) is 5.91 Å². The lowest BCUT2D eigenvalue weighted by molar-refractivity contribution is -0.133. The van der Waals surface area contributed by atoms with Crippen molar-refractivity contribution >= 4 is 11.8 Å². The normalized spacial score (nSPS) is 17.4. The molecular weight excluding hydrogens is 364 g/mol. The van der Waals surface area contributed by atoms with Gasteiger partial charge in [0.1, 0.15) is 0 Å². The first-order chi connectivity index (χ1) is 14.0. The number of hydrogen-bond donors (Lipinski definition) is 2. The smallest absolute Gasteiger partial charge is 0.251 e. The molecule has 1 aliphatic heterocycles. The van der Waals surface area contributed by atoms with Crippen molar-refractivity contribution in [1.29, 1.82) is 0 Å². The molecule has 1 aromatic heterocycles.